The number of benzene rings is 1. The summed E-state index contributed by atoms with van der Waals surface area (Å²) in [6.07, 6.45) is -2.07. The van der Waals surface area contributed by atoms with Crippen LogP contribution in [0.15, 0.2) is 29.3 Å². The highest BCUT2D eigenvalue weighted by molar-refractivity contribution is 6.04. The van der Waals surface area contributed by atoms with E-state index in [1.807, 2.05) is 0 Å². The van der Waals surface area contributed by atoms with Gasteiger partial charge >= 0.3 is 6.18 Å². The van der Waals surface area contributed by atoms with Gasteiger partial charge in [0, 0.05) is 18.4 Å². The van der Waals surface area contributed by atoms with Gasteiger partial charge < -0.3 is 9.64 Å². The van der Waals surface area contributed by atoms with Gasteiger partial charge in [-0.15, -0.1) is 0 Å². The number of hydrogen-bond acceptors (Lipinski definition) is 3. The number of nitrogens with one attached hydrogen (secondary N) is 2. The van der Waals surface area contributed by atoms with Crippen molar-refractivity contribution < 1.29 is 27.6 Å². The van der Waals surface area contributed by atoms with Gasteiger partial charge in [-0.25, -0.2) is 4.99 Å². The summed E-state index contributed by atoms with van der Waals surface area (Å²) in [5.74, 6) is -0.674. The fraction of sp³-hybridized carbons (Fsp3) is 0.529. The van der Waals surface area contributed by atoms with Gasteiger partial charge in [0.25, 0.3) is 11.9 Å². The lowest BCUT2D eigenvalue weighted by Gasteiger charge is -2.12. The van der Waals surface area contributed by atoms with Crippen LogP contribution in [0.5, 0.6) is 0 Å². The fourth-order valence-corrected chi connectivity index (χ4v) is 2.70. The molecule has 0 atom stereocenters. The molecule has 0 bridgehead atoms. The van der Waals surface area contributed by atoms with Crippen LogP contribution in [0.3, 0.4) is 0 Å². The predicted molar refractivity (Wildman–Crippen MR) is 87.6 cm³/mol. The maximum atomic E-state index is 12.7. The van der Waals surface area contributed by atoms with E-state index < -0.39 is 17.6 Å². The molecule has 5 nitrogen and oxygen atoms in total. The molecular weight excluding hydrogens is 335 g/mol. The first-order valence-electron chi connectivity index (χ1n) is 8.39. The number of carbonyl (C=O) groups excluding carboxylic acids is 1. The van der Waals surface area contributed by atoms with E-state index in [-0.39, 0.29) is 11.6 Å². The van der Waals surface area contributed by atoms with Crippen LogP contribution in [0.2, 0.25) is 0 Å². The molecule has 2 N–H and O–H groups in total. The molecule has 0 aliphatic carbocycles. The second-order valence-corrected chi connectivity index (χ2v) is 5.86. The van der Waals surface area contributed by atoms with Crippen molar-refractivity contribution in [1.29, 1.82) is 0 Å². The van der Waals surface area contributed by atoms with Crippen molar-refractivity contribution in [3.05, 3.63) is 35.4 Å². The molecule has 1 aromatic rings. The molecule has 0 unspecified atom stereocenters. The van der Waals surface area contributed by atoms with Crippen LogP contribution in [-0.4, -0.2) is 44.7 Å². The number of hydrogen-bond donors (Lipinski definition) is 2. The van der Waals surface area contributed by atoms with Crippen LogP contribution in [0.4, 0.5) is 13.2 Å². The monoisotopic (exact) mass is 358 g/mol. The third-order valence-electron chi connectivity index (χ3n) is 3.99. The lowest BCUT2D eigenvalue weighted by molar-refractivity contribution is -0.885. The summed E-state index contributed by atoms with van der Waals surface area (Å²) in [6.45, 7) is 5.63. The Labute approximate surface area is 144 Å². The molecule has 25 heavy (non-hydrogen) atoms. The minimum absolute atomic E-state index is 0.0449. The Hall–Kier alpha value is -2.09. The second-order valence-electron chi connectivity index (χ2n) is 5.86. The van der Waals surface area contributed by atoms with Crippen LogP contribution in [0.1, 0.15) is 35.7 Å². The lowest BCUT2D eigenvalue weighted by Crippen LogP contribution is -3.10. The summed E-state index contributed by atoms with van der Waals surface area (Å²) in [6, 6.07) is 4.30. The van der Waals surface area contributed by atoms with Crippen LogP contribution < -0.4 is 10.2 Å². The van der Waals surface area contributed by atoms with Crippen molar-refractivity contribution in [2.45, 2.75) is 25.9 Å². The number of amidine groups is 1. The highest BCUT2D eigenvalue weighted by atomic mass is 19.4. The largest absolute Gasteiger partial charge is 0.465 e. The van der Waals surface area contributed by atoms with E-state index in [4.69, 9.17) is 4.74 Å². The molecule has 1 aromatic carbocycles. The molecule has 0 spiro atoms. The first-order chi connectivity index (χ1) is 11.9. The number of quaternary nitrogens is 1. The molecular formula is C17H23F3N3O2+. The second kappa shape index (κ2) is 8.84. The zero-order valence-electron chi connectivity index (χ0n) is 14.2. The standard InChI is InChI=1S/C17H22F3N3O2/c1-2-25-16(21-8-11-23-9-3-4-10-23)22-15(24)13-6-5-7-14(12-13)17(18,19)20/h5-7,12H,2-4,8-11H2,1H3,(H,21,22,24)/p+1. The SMILES string of the molecule is CCOC(=NCC[NH+]1CCCC1)NC(=O)c1cccc(C(F)(F)F)c1. The zero-order valence-corrected chi connectivity index (χ0v) is 14.2. The van der Waals surface area contributed by atoms with Crippen molar-refractivity contribution in [3.63, 3.8) is 0 Å². The van der Waals surface area contributed by atoms with E-state index in [2.05, 4.69) is 10.3 Å². The van der Waals surface area contributed by atoms with Gasteiger partial charge in [-0.2, -0.15) is 13.2 Å². The van der Waals surface area contributed by atoms with Gasteiger partial charge in [0.15, 0.2) is 0 Å². The van der Waals surface area contributed by atoms with Crippen LogP contribution in [0, 0.1) is 0 Å². The first kappa shape index (κ1) is 19.2. The fourth-order valence-electron chi connectivity index (χ4n) is 2.70. The van der Waals surface area contributed by atoms with Crippen molar-refractivity contribution in [1.82, 2.24) is 5.32 Å². The number of nitrogens with zero attached hydrogens (tertiary/aromatic N) is 1. The van der Waals surface area contributed by atoms with E-state index in [1.165, 1.54) is 29.9 Å². The van der Waals surface area contributed by atoms with Crippen LogP contribution in [0.25, 0.3) is 0 Å². The molecule has 138 valence electrons. The average Bonchev–Trinajstić information content (AvgIpc) is 3.07. The Morgan fingerprint density at radius 2 is 2.04 bits per heavy atom. The number of rotatable bonds is 5. The highest BCUT2D eigenvalue weighted by Crippen LogP contribution is 2.29. The molecule has 1 aliphatic heterocycles. The lowest BCUT2D eigenvalue weighted by atomic mass is 10.1. The first-order valence-corrected chi connectivity index (χ1v) is 8.39. The Balaban J connectivity index is 1.99. The van der Waals surface area contributed by atoms with Gasteiger partial charge in [0.05, 0.1) is 38.3 Å². The average molecular weight is 358 g/mol. The zero-order chi connectivity index (χ0) is 18.3. The summed E-state index contributed by atoms with van der Waals surface area (Å²) in [5, 5.41) is 2.45. The predicted octanol–water partition coefficient (Wildman–Crippen LogP) is 1.51. The Bertz CT molecular complexity index is 611. The van der Waals surface area contributed by atoms with Gasteiger partial charge in [-0.1, -0.05) is 6.07 Å². The number of ether oxygens (including phenoxy) is 1. The van der Waals surface area contributed by atoms with Crippen LogP contribution in [-0.2, 0) is 10.9 Å². The summed E-state index contributed by atoms with van der Waals surface area (Å²) >= 11 is 0. The van der Waals surface area contributed by atoms with E-state index in [1.54, 1.807) is 6.92 Å². The molecule has 0 saturated carbocycles. The van der Waals surface area contributed by atoms with E-state index in [0.717, 1.165) is 31.8 Å². The number of aliphatic imine (C=N–C) groups is 1. The molecule has 2 rings (SSSR count). The Morgan fingerprint density at radius 1 is 1.32 bits per heavy atom. The number of carbonyl (C=O) groups is 1. The normalized spacial score (nSPS) is 16.1. The van der Waals surface area contributed by atoms with Gasteiger partial charge in [-0.3, -0.25) is 10.1 Å². The third-order valence-corrected chi connectivity index (χ3v) is 3.99. The van der Waals surface area contributed by atoms with Crippen LogP contribution >= 0.6 is 0 Å². The van der Waals surface area contributed by atoms with Crippen molar-refractivity contribution in [3.8, 4) is 0 Å². The number of halogens is 3. The van der Waals surface area contributed by atoms with E-state index in [9.17, 15) is 18.0 Å². The summed E-state index contributed by atoms with van der Waals surface area (Å²) in [5.41, 5.74) is -0.958. The summed E-state index contributed by atoms with van der Waals surface area (Å²) in [4.78, 5) is 17.9. The van der Waals surface area contributed by atoms with Gasteiger partial charge in [-0.05, 0) is 25.1 Å². The molecule has 1 aliphatic rings. The van der Waals surface area contributed by atoms with Gasteiger partial charge in [0.1, 0.15) is 0 Å². The highest BCUT2D eigenvalue weighted by Gasteiger charge is 2.31. The minimum Gasteiger partial charge on any atom is -0.465 e. The molecule has 1 amide bonds. The van der Waals surface area contributed by atoms with E-state index in [0.29, 0.717) is 13.2 Å². The maximum Gasteiger partial charge on any atom is 0.416 e. The number of alkyl halides is 3. The summed E-state index contributed by atoms with van der Waals surface area (Å²) in [7, 11) is 0. The van der Waals surface area contributed by atoms with Crippen molar-refractivity contribution >= 4 is 11.9 Å². The maximum absolute atomic E-state index is 12.7. The molecule has 1 saturated heterocycles. The van der Waals surface area contributed by atoms with Gasteiger partial charge in [0.2, 0.25) is 0 Å². The quantitative estimate of drug-likeness (QED) is 0.619. The molecule has 8 heteroatoms. The molecule has 1 fully saturated rings. The number of amides is 1. The molecule has 0 radical (unpaired) electrons. The molecule has 0 aromatic heterocycles. The topological polar surface area (TPSA) is 55.1 Å². The minimum atomic E-state index is -4.49. The van der Waals surface area contributed by atoms with Crippen molar-refractivity contribution in [2.75, 3.05) is 32.8 Å². The van der Waals surface area contributed by atoms with E-state index >= 15 is 0 Å². The van der Waals surface area contributed by atoms with Crippen molar-refractivity contribution in [2.24, 2.45) is 4.99 Å². The summed E-state index contributed by atoms with van der Waals surface area (Å²) < 4.78 is 43.5. The number of likely N-dealkylation sites (tertiary alicyclic amines) is 1. The Morgan fingerprint density at radius 3 is 2.68 bits per heavy atom. The smallest absolute Gasteiger partial charge is 0.416 e. The Kier molecular flexibility index (Phi) is 6.81. The third kappa shape index (κ3) is 6.04. The molecule has 1 heterocycles.